The standard InChI is InChI=1S/C20H23N7O5/c1-2-7-31-12-5-3-11(4-6-12)8-24-26-20-25-14-17(21)22-10-23-18(14)27(20)19-16(30)15(29)13(9-28)32-19/h2-6,8,10,13,15-16,19,28-30H,1,7,9H2,(H,25,26)(H2,21,22,23)/b24-8-/t13-,15-,16-,19-/m0/s1. The maximum atomic E-state index is 10.5. The predicted molar refractivity (Wildman–Crippen MR) is 116 cm³/mol. The molecule has 4 rings (SSSR count). The van der Waals surface area contributed by atoms with E-state index in [4.69, 9.17) is 15.2 Å². The van der Waals surface area contributed by atoms with Crippen LogP contribution < -0.4 is 15.9 Å². The first-order valence-electron chi connectivity index (χ1n) is 9.77. The molecule has 12 nitrogen and oxygen atoms in total. The third-order valence-electron chi connectivity index (χ3n) is 4.90. The van der Waals surface area contributed by atoms with Crippen LogP contribution in [0.2, 0.25) is 0 Å². The molecule has 4 atom stereocenters. The van der Waals surface area contributed by atoms with Gasteiger partial charge in [0, 0.05) is 0 Å². The first-order valence-corrected chi connectivity index (χ1v) is 9.77. The molecule has 32 heavy (non-hydrogen) atoms. The number of aromatic nitrogens is 4. The van der Waals surface area contributed by atoms with Crippen molar-refractivity contribution in [3.63, 3.8) is 0 Å². The molecule has 0 spiro atoms. The molecule has 12 heteroatoms. The highest BCUT2D eigenvalue weighted by Crippen LogP contribution is 2.35. The van der Waals surface area contributed by atoms with E-state index in [1.807, 2.05) is 12.1 Å². The van der Waals surface area contributed by atoms with E-state index in [0.717, 1.165) is 5.56 Å². The van der Waals surface area contributed by atoms with Gasteiger partial charge in [0.05, 0.1) is 12.8 Å². The van der Waals surface area contributed by atoms with Crippen LogP contribution in [0.5, 0.6) is 5.75 Å². The van der Waals surface area contributed by atoms with Crippen molar-refractivity contribution in [3.05, 3.63) is 48.8 Å². The molecule has 1 aliphatic rings. The second-order valence-corrected chi connectivity index (χ2v) is 7.00. The molecule has 0 aliphatic carbocycles. The first-order chi connectivity index (χ1) is 15.5. The van der Waals surface area contributed by atoms with Gasteiger partial charge in [0.1, 0.15) is 37.0 Å². The van der Waals surface area contributed by atoms with Crippen LogP contribution in [0.25, 0.3) is 11.2 Å². The number of fused-ring (bicyclic) bond motifs is 1. The molecule has 0 unspecified atom stereocenters. The average molecular weight is 441 g/mol. The van der Waals surface area contributed by atoms with Crippen LogP contribution in [0.4, 0.5) is 11.8 Å². The van der Waals surface area contributed by atoms with Crippen LogP contribution in [-0.2, 0) is 4.74 Å². The molecule has 0 amide bonds. The highest BCUT2D eigenvalue weighted by atomic mass is 16.6. The summed E-state index contributed by atoms with van der Waals surface area (Å²) < 4.78 is 12.5. The Morgan fingerprint density at radius 1 is 1.25 bits per heavy atom. The van der Waals surface area contributed by atoms with Crippen molar-refractivity contribution in [1.29, 1.82) is 0 Å². The Bertz CT molecular complexity index is 1120. The summed E-state index contributed by atoms with van der Waals surface area (Å²) in [5.74, 6) is 0.988. The zero-order valence-electron chi connectivity index (χ0n) is 16.9. The number of nitrogens with one attached hydrogen (secondary N) is 1. The molecule has 3 heterocycles. The smallest absolute Gasteiger partial charge is 0.228 e. The maximum Gasteiger partial charge on any atom is 0.228 e. The lowest BCUT2D eigenvalue weighted by Gasteiger charge is -2.18. The number of anilines is 2. The minimum atomic E-state index is -1.34. The van der Waals surface area contributed by atoms with E-state index in [1.165, 1.54) is 10.9 Å². The third kappa shape index (κ3) is 4.11. The monoisotopic (exact) mass is 441 g/mol. The number of benzene rings is 1. The van der Waals surface area contributed by atoms with Gasteiger partial charge in [-0.3, -0.25) is 4.57 Å². The van der Waals surface area contributed by atoms with Crippen LogP contribution in [-0.4, -0.2) is 72.6 Å². The number of imidazole rings is 1. The summed E-state index contributed by atoms with van der Waals surface area (Å²) in [6.45, 7) is 3.56. The van der Waals surface area contributed by atoms with E-state index < -0.39 is 31.1 Å². The Hall–Kier alpha value is -3.58. The van der Waals surface area contributed by atoms with Gasteiger partial charge in [-0.15, -0.1) is 0 Å². The average Bonchev–Trinajstić information content (AvgIpc) is 3.31. The summed E-state index contributed by atoms with van der Waals surface area (Å²) in [6.07, 6.45) is -0.207. The zero-order valence-corrected chi connectivity index (χ0v) is 16.9. The summed E-state index contributed by atoms with van der Waals surface area (Å²) in [5, 5.41) is 34.2. The van der Waals surface area contributed by atoms with Crippen LogP contribution >= 0.6 is 0 Å². The van der Waals surface area contributed by atoms with Crippen LogP contribution in [0, 0.1) is 0 Å². The summed E-state index contributed by atoms with van der Waals surface area (Å²) in [6, 6.07) is 7.25. The Balaban J connectivity index is 1.61. The van der Waals surface area contributed by atoms with E-state index in [-0.39, 0.29) is 22.9 Å². The van der Waals surface area contributed by atoms with E-state index in [0.29, 0.717) is 12.4 Å². The number of hydrogen-bond donors (Lipinski definition) is 5. The molecular formula is C20H23N7O5. The third-order valence-corrected chi connectivity index (χ3v) is 4.90. The lowest BCUT2D eigenvalue weighted by atomic mass is 10.1. The van der Waals surface area contributed by atoms with Gasteiger partial charge in [0.25, 0.3) is 0 Å². The first kappa shape index (κ1) is 21.6. The van der Waals surface area contributed by atoms with Gasteiger partial charge >= 0.3 is 0 Å². The topological polar surface area (TPSA) is 173 Å². The zero-order chi connectivity index (χ0) is 22.7. The maximum absolute atomic E-state index is 10.5. The van der Waals surface area contributed by atoms with Crippen molar-refractivity contribution in [2.75, 3.05) is 24.4 Å². The fourth-order valence-electron chi connectivity index (χ4n) is 3.31. The second kappa shape index (κ2) is 9.28. The Morgan fingerprint density at radius 3 is 2.72 bits per heavy atom. The largest absolute Gasteiger partial charge is 0.490 e. The van der Waals surface area contributed by atoms with E-state index in [2.05, 4.69) is 32.1 Å². The van der Waals surface area contributed by atoms with Gasteiger partial charge < -0.3 is 30.5 Å². The lowest BCUT2D eigenvalue weighted by molar-refractivity contribution is -0.0501. The van der Waals surface area contributed by atoms with Crippen LogP contribution in [0.1, 0.15) is 11.8 Å². The number of aliphatic hydroxyl groups is 3. The Labute approximate surface area is 182 Å². The Kier molecular flexibility index (Phi) is 6.28. The summed E-state index contributed by atoms with van der Waals surface area (Å²) in [7, 11) is 0. The van der Waals surface area contributed by atoms with E-state index >= 15 is 0 Å². The van der Waals surface area contributed by atoms with Crippen molar-refractivity contribution < 1.29 is 24.8 Å². The molecule has 168 valence electrons. The Morgan fingerprint density at radius 2 is 2.03 bits per heavy atom. The molecule has 0 bridgehead atoms. The molecule has 0 saturated carbocycles. The molecule has 1 saturated heterocycles. The minimum absolute atomic E-state index is 0.127. The minimum Gasteiger partial charge on any atom is -0.490 e. The molecule has 1 aliphatic heterocycles. The number of nitrogens with two attached hydrogens (primary N) is 1. The molecule has 3 aromatic rings. The van der Waals surface area contributed by atoms with Crippen LogP contribution in [0.3, 0.4) is 0 Å². The van der Waals surface area contributed by atoms with Gasteiger partial charge in [-0.1, -0.05) is 12.7 Å². The normalized spacial score (nSPS) is 23.1. The van der Waals surface area contributed by atoms with Gasteiger partial charge in [0.15, 0.2) is 23.2 Å². The number of hydrazone groups is 1. The lowest BCUT2D eigenvalue weighted by Crippen LogP contribution is -2.33. The fourth-order valence-corrected chi connectivity index (χ4v) is 3.31. The van der Waals surface area contributed by atoms with Crippen LogP contribution in [0.15, 0.2) is 48.3 Å². The number of ether oxygens (including phenoxy) is 2. The van der Waals surface area contributed by atoms with Gasteiger partial charge in [-0.2, -0.15) is 5.10 Å². The van der Waals surface area contributed by atoms with Crippen molar-refractivity contribution in [2.45, 2.75) is 24.5 Å². The quantitative estimate of drug-likeness (QED) is 0.182. The van der Waals surface area contributed by atoms with E-state index in [1.54, 1.807) is 24.4 Å². The van der Waals surface area contributed by atoms with Crippen molar-refractivity contribution >= 4 is 29.1 Å². The molecule has 1 aromatic carbocycles. The molecular weight excluding hydrogens is 418 g/mol. The van der Waals surface area contributed by atoms with Gasteiger partial charge in [-0.05, 0) is 29.8 Å². The van der Waals surface area contributed by atoms with Gasteiger partial charge in [0.2, 0.25) is 5.95 Å². The highest BCUT2D eigenvalue weighted by molar-refractivity contribution is 5.84. The van der Waals surface area contributed by atoms with Crippen molar-refractivity contribution in [3.8, 4) is 5.75 Å². The number of nitrogen functional groups attached to an aromatic ring is 1. The number of hydrogen-bond acceptors (Lipinski definition) is 11. The van der Waals surface area contributed by atoms with E-state index in [9.17, 15) is 15.3 Å². The fraction of sp³-hybridized carbons (Fsp3) is 0.300. The number of nitrogens with zero attached hydrogens (tertiary/aromatic N) is 5. The van der Waals surface area contributed by atoms with Gasteiger partial charge in [-0.25, -0.2) is 20.4 Å². The number of rotatable bonds is 8. The molecule has 2 aromatic heterocycles. The highest BCUT2D eigenvalue weighted by Gasteiger charge is 2.45. The summed E-state index contributed by atoms with van der Waals surface area (Å²) in [4.78, 5) is 12.5. The summed E-state index contributed by atoms with van der Waals surface area (Å²) in [5.41, 5.74) is 10.0. The molecule has 1 fully saturated rings. The molecule has 6 N–H and O–H groups in total. The SMILES string of the molecule is C=CCOc1ccc(/C=N\Nc2nc3c(N)ncnc3n2[C@H]2O[C@@H](CO)[C@H](O)[C@@H]2O)cc1. The second-order valence-electron chi connectivity index (χ2n) is 7.00. The predicted octanol–water partition coefficient (Wildman–Crippen LogP) is 0.0308. The molecule has 0 radical (unpaired) electrons. The van der Waals surface area contributed by atoms with Crippen molar-refractivity contribution in [1.82, 2.24) is 19.5 Å². The van der Waals surface area contributed by atoms with Crippen molar-refractivity contribution in [2.24, 2.45) is 5.10 Å². The number of aliphatic hydroxyl groups excluding tert-OH is 3. The summed E-state index contributed by atoms with van der Waals surface area (Å²) >= 11 is 0.